The summed E-state index contributed by atoms with van der Waals surface area (Å²) in [6.45, 7) is 7.75. The number of rotatable bonds is 10. The van der Waals surface area contributed by atoms with Crippen molar-refractivity contribution >= 4 is 5.82 Å². The topological polar surface area (TPSA) is 59.5 Å². The van der Waals surface area contributed by atoms with Crippen molar-refractivity contribution in [2.24, 2.45) is 0 Å². The molecular weight excluding hydrogens is 292 g/mol. The molecule has 0 aliphatic heterocycles. The van der Waals surface area contributed by atoms with Crippen LogP contribution in [0.3, 0.4) is 0 Å². The fraction of sp³-hybridized carbons (Fsp3) is 0.765. The number of aromatic nitrogens is 2. The van der Waals surface area contributed by atoms with E-state index in [0.717, 1.165) is 50.7 Å². The van der Waals surface area contributed by atoms with E-state index in [2.05, 4.69) is 40.1 Å². The minimum atomic E-state index is 0.422. The van der Waals surface area contributed by atoms with E-state index in [-0.39, 0.29) is 0 Å². The van der Waals surface area contributed by atoms with Gasteiger partial charge in [0, 0.05) is 51.2 Å². The highest BCUT2D eigenvalue weighted by molar-refractivity contribution is 5.37. The Bertz CT molecular complexity index is 456. The molecule has 0 bridgehead atoms. The summed E-state index contributed by atoms with van der Waals surface area (Å²) < 4.78 is 10.4. The van der Waals surface area contributed by atoms with Gasteiger partial charge in [-0.15, -0.1) is 0 Å². The molecule has 1 aromatic heterocycles. The lowest BCUT2D eigenvalue weighted by Gasteiger charge is -2.43. The molecule has 6 nitrogen and oxygen atoms in total. The maximum Gasteiger partial charge on any atom is 0.129 e. The number of nitrogens with one attached hydrogen (secondary N) is 1. The lowest BCUT2D eigenvalue weighted by molar-refractivity contribution is 0.0546. The van der Waals surface area contributed by atoms with Crippen molar-refractivity contribution in [3.63, 3.8) is 0 Å². The van der Waals surface area contributed by atoms with Gasteiger partial charge in [0.15, 0.2) is 0 Å². The van der Waals surface area contributed by atoms with E-state index < -0.39 is 0 Å². The van der Waals surface area contributed by atoms with E-state index in [4.69, 9.17) is 9.47 Å². The van der Waals surface area contributed by atoms with Gasteiger partial charge in [-0.1, -0.05) is 13.8 Å². The maximum atomic E-state index is 5.21. The van der Waals surface area contributed by atoms with Gasteiger partial charge in [0.05, 0.1) is 13.2 Å². The first-order valence-corrected chi connectivity index (χ1v) is 8.44. The summed E-state index contributed by atoms with van der Waals surface area (Å²) in [4.78, 5) is 11.1. The van der Waals surface area contributed by atoms with Gasteiger partial charge in [-0.3, -0.25) is 4.90 Å². The van der Waals surface area contributed by atoms with Crippen molar-refractivity contribution in [1.29, 1.82) is 0 Å². The van der Waals surface area contributed by atoms with Crippen LogP contribution in [0.2, 0.25) is 0 Å². The largest absolute Gasteiger partial charge is 0.383 e. The number of anilines is 1. The Labute approximate surface area is 139 Å². The van der Waals surface area contributed by atoms with Crippen LogP contribution in [0, 0.1) is 0 Å². The first-order chi connectivity index (χ1) is 11.1. The SMILES string of the molecule is COCCN(CCOC)C1CC(Nc2cc(C(C)C)ncn2)C1. The second kappa shape index (κ2) is 9.15. The molecule has 0 spiro atoms. The molecule has 1 N–H and O–H groups in total. The summed E-state index contributed by atoms with van der Waals surface area (Å²) in [5.74, 6) is 1.36. The quantitative estimate of drug-likeness (QED) is 0.712. The number of nitrogens with zero attached hydrogens (tertiary/aromatic N) is 3. The highest BCUT2D eigenvalue weighted by Crippen LogP contribution is 2.28. The van der Waals surface area contributed by atoms with Crippen molar-refractivity contribution in [2.45, 2.75) is 44.7 Å². The summed E-state index contributed by atoms with van der Waals surface area (Å²) in [5, 5.41) is 3.53. The molecule has 0 atom stereocenters. The predicted octanol–water partition coefficient (Wildman–Crippen LogP) is 2.14. The highest BCUT2D eigenvalue weighted by Gasteiger charge is 2.33. The van der Waals surface area contributed by atoms with E-state index in [1.54, 1.807) is 20.5 Å². The van der Waals surface area contributed by atoms with Gasteiger partial charge >= 0.3 is 0 Å². The zero-order valence-electron chi connectivity index (χ0n) is 14.8. The third-order valence-corrected chi connectivity index (χ3v) is 4.43. The smallest absolute Gasteiger partial charge is 0.129 e. The second-order valence-electron chi connectivity index (χ2n) is 6.47. The van der Waals surface area contributed by atoms with Crippen molar-refractivity contribution in [1.82, 2.24) is 14.9 Å². The Morgan fingerprint density at radius 3 is 2.39 bits per heavy atom. The fourth-order valence-corrected chi connectivity index (χ4v) is 2.87. The van der Waals surface area contributed by atoms with Gasteiger partial charge in [0.2, 0.25) is 0 Å². The molecule has 1 aromatic rings. The Balaban J connectivity index is 1.81. The summed E-state index contributed by atoms with van der Waals surface area (Å²) in [6.07, 6.45) is 3.92. The van der Waals surface area contributed by atoms with Crippen LogP contribution in [0.4, 0.5) is 5.82 Å². The highest BCUT2D eigenvalue weighted by atomic mass is 16.5. The number of hydrogen-bond acceptors (Lipinski definition) is 6. The van der Waals surface area contributed by atoms with Crippen LogP contribution >= 0.6 is 0 Å². The molecule has 1 heterocycles. The zero-order chi connectivity index (χ0) is 16.7. The van der Waals surface area contributed by atoms with Crippen molar-refractivity contribution < 1.29 is 9.47 Å². The Morgan fingerprint density at radius 1 is 1.17 bits per heavy atom. The van der Waals surface area contributed by atoms with Gasteiger partial charge < -0.3 is 14.8 Å². The molecule has 1 aliphatic carbocycles. The molecule has 2 rings (SSSR count). The van der Waals surface area contributed by atoms with Crippen molar-refractivity contribution in [3.8, 4) is 0 Å². The van der Waals surface area contributed by atoms with Crippen LogP contribution < -0.4 is 5.32 Å². The predicted molar refractivity (Wildman–Crippen MR) is 91.9 cm³/mol. The number of hydrogen-bond donors (Lipinski definition) is 1. The molecule has 1 aliphatic rings. The maximum absolute atomic E-state index is 5.21. The van der Waals surface area contributed by atoms with Crippen LogP contribution in [-0.2, 0) is 9.47 Å². The van der Waals surface area contributed by atoms with Gasteiger partial charge in [0.1, 0.15) is 12.1 Å². The monoisotopic (exact) mass is 322 g/mol. The molecule has 0 aromatic carbocycles. The van der Waals surface area contributed by atoms with Crippen LogP contribution in [-0.4, -0.2) is 67.5 Å². The molecule has 0 amide bonds. The molecule has 1 saturated carbocycles. The van der Waals surface area contributed by atoms with Gasteiger partial charge in [0.25, 0.3) is 0 Å². The van der Waals surface area contributed by atoms with Gasteiger partial charge in [-0.2, -0.15) is 0 Å². The number of methoxy groups -OCH3 is 2. The first-order valence-electron chi connectivity index (χ1n) is 8.44. The number of ether oxygens (including phenoxy) is 2. The summed E-state index contributed by atoms with van der Waals surface area (Å²) in [7, 11) is 3.50. The third kappa shape index (κ3) is 5.41. The van der Waals surface area contributed by atoms with Crippen LogP contribution in [0.1, 0.15) is 38.3 Å². The average Bonchev–Trinajstić information content (AvgIpc) is 2.51. The minimum Gasteiger partial charge on any atom is -0.383 e. The average molecular weight is 322 g/mol. The summed E-state index contributed by atoms with van der Waals surface area (Å²) in [6, 6.07) is 3.15. The third-order valence-electron chi connectivity index (χ3n) is 4.43. The summed E-state index contributed by atoms with van der Waals surface area (Å²) >= 11 is 0. The van der Waals surface area contributed by atoms with Crippen LogP contribution in [0.5, 0.6) is 0 Å². The lowest BCUT2D eigenvalue weighted by atomic mass is 9.85. The molecule has 0 saturated heterocycles. The van der Waals surface area contributed by atoms with Gasteiger partial charge in [-0.25, -0.2) is 9.97 Å². The molecular formula is C17H30N4O2. The first kappa shape index (κ1) is 18.1. The molecule has 1 fully saturated rings. The summed E-state index contributed by atoms with van der Waals surface area (Å²) in [5.41, 5.74) is 1.08. The Morgan fingerprint density at radius 2 is 1.83 bits per heavy atom. The van der Waals surface area contributed by atoms with E-state index in [9.17, 15) is 0 Å². The van der Waals surface area contributed by atoms with E-state index >= 15 is 0 Å². The molecule has 130 valence electrons. The second-order valence-corrected chi connectivity index (χ2v) is 6.47. The van der Waals surface area contributed by atoms with E-state index in [0.29, 0.717) is 18.0 Å². The minimum absolute atomic E-state index is 0.422. The van der Waals surface area contributed by atoms with Crippen LogP contribution in [0.15, 0.2) is 12.4 Å². The molecule has 6 heteroatoms. The van der Waals surface area contributed by atoms with Crippen LogP contribution in [0.25, 0.3) is 0 Å². The normalized spacial score (nSPS) is 20.8. The van der Waals surface area contributed by atoms with E-state index in [1.165, 1.54) is 0 Å². The Kier molecular flexibility index (Phi) is 7.20. The standard InChI is InChI=1S/C17H30N4O2/c1-13(2)16-11-17(19-12-18-16)20-14-9-15(10-14)21(5-7-22-3)6-8-23-4/h11-15H,5-10H2,1-4H3,(H,18,19,20). The lowest BCUT2D eigenvalue weighted by Crippen LogP contribution is -2.51. The zero-order valence-corrected chi connectivity index (χ0v) is 14.8. The van der Waals surface area contributed by atoms with Crippen molar-refractivity contribution in [2.75, 3.05) is 45.8 Å². The molecule has 23 heavy (non-hydrogen) atoms. The van der Waals surface area contributed by atoms with E-state index in [1.807, 2.05) is 0 Å². The van der Waals surface area contributed by atoms with Gasteiger partial charge in [-0.05, 0) is 18.8 Å². The van der Waals surface area contributed by atoms with Crippen molar-refractivity contribution in [3.05, 3.63) is 18.1 Å². The molecule has 0 unspecified atom stereocenters. The fourth-order valence-electron chi connectivity index (χ4n) is 2.87. The Hall–Kier alpha value is -1.24. The molecule has 0 radical (unpaired) electrons.